The zero-order valence-corrected chi connectivity index (χ0v) is 12.3. The maximum Gasteiger partial charge on any atom is 0.315 e. The highest BCUT2D eigenvalue weighted by atomic mass is 16.4. The Labute approximate surface area is 119 Å². The van der Waals surface area contributed by atoms with E-state index in [0.29, 0.717) is 12.3 Å². The summed E-state index contributed by atoms with van der Waals surface area (Å²) >= 11 is 0. The SMILES string of the molecule is CC(C)c1ccc2[nH]c3c(c2c1)CCCC3(C)C(=O)O. The Balaban J connectivity index is 2.25. The average Bonchev–Trinajstić information content (AvgIpc) is 2.78. The normalized spacial score (nSPS) is 22.2. The standard InChI is InChI=1S/C17H21NO2/c1-10(2)11-6-7-14-13(9-11)12-5-4-8-17(3,16(19)20)15(12)18-14/h6-7,9-10,18H,4-5,8H2,1-3H3,(H,19,20). The molecular weight excluding hydrogens is 250 g/mol. The van der Waals surface area contributed by atoms with Crippen LogP contribution in [0.4, 0.5) is 0 Å². The molecule has 0 saturated heterocycles. The number of aliphatic carboxylic acids is 1. The van der Waals surface area contributed by atoms with E-state index in [4.69, 9.17) is 0 Å². The monoisotopic (exact) mass is 271 g/mol. The van der Waals surface area contributed by atoms with E-state index in [1.165, 1.54) is 16.5 Å². The van der Waals surface area contributed by atoms with Gasteiger partial charge in [-0.05, 0) is 55.4 Å². The number of aryl methyl sites for hydroxylation is 1. The molecule has 1 aliphatic rings. The van der Waals surface area contributed by atoms with Gasteiger partial charge in [-0.1, -0.05) is 19.9 Å². The van der Waals surface area contributed by atoms with Crippen molar-refractivity contribution in [1.29, 1.82) is 0 Å². The zero-order valence-electron chi connectivity index (χ0n) is 12.3. The van der Waals surface area contributed by atoms with Gasteiger partial charge >= 0.3 is 5.97 Å². The lowest BCUT2D eigenvalue weighted by Crippen LogP contribution is -2.36. The predicted octanol–water partition coefficient (Wildman–Crippen LogP) is 3.97. The van der Waals surface area contributed by atoms with Crippen LogP contribution in [0.3, 0.4) is 0 Å². The highest BCUT2D eigenvalue weighted by Gasteiger charge is 2.41. The molecular formula is C17H21NO2. The number of carboxylic acid groups (broad SMARTS) is 1. The van der Waals surface area contributed by atoms with Crippen LogP contribution >= 0.6 is 0 Å². The lowest BCUT2D eigenvalue weighted by molar-refractivity contribution is -0.143. The molecule has 0 spiro atoms. The fourth-order valence-corrected chi connectivity index (χ4v) is 3.31. The number of aromatic amines is 1. The number of carbonyl (C=O) groups is 1. The van der Waals surface area contributed by atoms with Crippen molar-refractivity contribution in [2.75, 3.05) is 0 Å². The van der Waals surface area contributed by atoms with E-state index in [9.17, 15) is 9.90 Å². The highest BCUT2D eigenvalue weighted by Crippen LogP contribution is 2.41. The van der Waals surface area contributed by atoms with Gasteiger partial charge in [0.1, 0.15) is 5.41 Å². The number of hydrogen-bond donors (Lipinski definition) is 2. The Morgan fingerprint density at radius 2 is 2.15 bits per heavy atom. The smallest absolute Gasteiger partial charge is 0.315 e. The third-order valence-corrected chi connectivity index (χ3v) is 4.72. The van der Waals surface area contributed by atoms with Crippen molar-refractivity contribution < 1.29 is 9.90 Å². The Morgan fingerprint density at radius 3 is 2.80 bits per heavy atom. The molecule has 3 heteroatoms. The summed E-state index contributed by atoms with van der Waals surface area (Å²) in [7, 11) is 0. The number of H-pyrrole nitrogens is 1. The molecule has 3 rings (SSSR count). The third kappa shape index (κ3) is 1.76. The quantitative estimate of drug-likeness (QED) is 0.868. The summed E-state index contributed by atoms with van der Waals surface area (Å²) in [6.45, 7) is 6.20. The van der Waals surface area contributed by atoms with Gasteiger partial charge in [0.2, 0.25) is 0 Å². The summed E-state index contributed by atoms with van der Waals surface area (Å²) in [6.07, 6.45) is 2.62. The molecule has 0 bridgehead atoms. The molecule has 0 fully saturated rings. The van der Waals surface area contributed by atoms with Crippen LogP contribution < -0.4 is 0 Å². The van der Waals surface area contributed by atoms with Crippen LogP contribution in [0.5, 0.6) is 0 Å². The molecule has 106 valence electrons. The van der Waals surface area contributed by atoms with E-state index in [1.54, 1.807) is 0 Å². The van der Waals surface area contributed by atoms with Gasteiger partial charge in [0.05, 0.1) is 0 Å². The first-order chi connectivity index (χ1) is 9.43. The maximum atomic E-state index is 11.7. The van der Waals surface area contributed by atoms with Crippen LogP contribution in [-0.2, 0) is 16.6 Å². The molecule has 0 amide bonds. The summed E-state index contributed by atoms with van der Waals surface area (Å²) in [5, 5.41) is 10.8. The molecule has 1 aromatic carbocycles. The van der Waals surface area contributed by atoms with Crippen LogP contribution in [0, 0.1) is 0 Å². The van der Waals surface area contributed by atoms with Crippen LogP contribution in [0.1, 0.15) is 56.4 Å². The highest BCUT2D eigenvalue weighted by molar-refractivity contribution is 5.90. The van der Waals surface area contributed by atoms with Gasteiger partial charge in [-0.25, -0.2) is 0 Å². The number of nitrogens with one attached hydrogen (secondary N) is 1. The molecule has 1 heterocycles. The number of rotatable bonds is 2. The van der Waals surface area contributed by atoms with Gasteiger partial charge in [0.15, 0.2) is 0 Å². The first kappa shape index (κ1) is 13.2. The minimum absolute atomic E-state index is 0.486. The van der Waals surface area contributed by atoms with Crippen molar-refractivity contribution in [2.24, 2.45) is 0 Å². The van der Waals surface area contributed by atoms with Crippen molar-refractivity contribution in [3.05, 3.63) is 35.0 Å². The number of carboxylic acids is 1. The average molecular weight is 271 g/mol. The lowest BCUT2D eigenvalue weighted by atomic mass is 9.74. The van der Waals surface area contributed by atoms with Crippen LogP contribution in [0.15, 0.2) is 18.2 Å². The number of aromatic nitrogens is 1. The second-order valence-electron chi connectivity index (χ2n) is 6.43. The summed E-state index contributed by atoms with van der Waals surface area (Å²) in [6, 6.07) is 6.45. The summed E-state index contributed by atoms with van der Waals surface area (Å²) in [5.74, 6) is -0.242. The molecule has 1 aliphatic carbocycles. The maximum absolute atomic E-state index is 11.7. The van der Waals surface area contributed by atoms with Crippen LogP contribution in [-0.4, -0.2) is 16.1 Å². The molecule has 3 nitrogen and oxygen atoms in total. The van der Waals surface area contributed by atoms with E-state index < -0.39 is 11.4 Å². The molecule has 20 heavy (non-hydrogen) atoms. The first-order valence-electron chi connectivity index (χ1n) is 7.32. The lowest BCUT2D eigenvalue weighted by Gasteiger charge is -2.29. The minimum Gasteiger partial charge on any atom is -0.481 e. The fraction of sp³-hybridized carbons (Fsp3) is 0.471. The Bertz CT molecular complexity index is 684. The second kappa shape index (κ2) is 4.37. The van der Waals surface area contributed by atoms with Crippen LogP contribution in [0.2, 0.25) is 0 Å². The summed E-state index contributed by atoms with van der Waals surface area (Å²) < 4.78 is 0. The molecule has 0 radical (unpaired) electrons. The molecule has 1 unspecified atom stereocenters. The largest absolute Gasteiger partial charge is 0.481 e. The molecule has 1 atom stereocenters. The first-order valence-corrected chi connectivity index (χ1v) is 7.32. The van der Waals surface area contributed by atoms with Gasteiger partial charge in [0, 0.05) is 16.6 Å². The zero-order chi connectivity index (χ0) is 14.5. The summed E-state index contributed by atoms with van der Waals surface area (Å²) in [5.41, 5.74) is 3.71. The van der Waals surface area contributed by atoms with E-state index in [2.05, 4.69) is 37.0 Å². The van der Waals surface area contributed by atoms with Crippen molar-refractivity contribution in [3.8, 4) is 0 Å². The molecule has 2 aromatic rings. The number of benzene rings is 1. The summed E-state index contributed by atoms with van der Waals surface area (Å²) in [4.78, 5) is 15.0. The van der Waals surface area contributed by atoms with E-state index in [1.807, 2.05) is 6.92 Å². The van der Waals surface area contributed by atoms with E-state index >= 15 is 0 Å². The van der Waals surface area contributed by atoms with Crippen molar-refractivity contribution in [2.45, 2.75) is 51.4 Å². The second-order valence-corrected chi connectivity index (χ2v) is 6.43. The Kier molecular flexibility index (Phi) is 2.89. The Morgan fingerprint density at radius 1 is 1.40 bits per heavy atom. The molecule has 0 saturated carbocycles. The number of fused-ring (bicyclic) bond motifs is 3. The van der Waals surface area contributed by atoms with Gasteiger partial charge in [0.25, 0.3) is 0 Å². The molecule has 0 aliphatic heterocycles. The number of hydrogen-bond acceptors (Lipinski definition) is 1. The van der Waals surface area contributed by atoms with E-state index in [-0.39, 0.29) is 0 Å². The van der Waals surface area contributed by atoms with Gasteiger partial charge < -0.3 is 10.1 Å². The van der Waals surface area contributed by atoms with Gasteiger partial charge in [-0.3, -0.25) is 4.79 Å². The fourth-order valence-electron chi connectivity index (χ4n) is 3.31. The topological polar surface area (TPSA) is 53.1 Å². The minimum atomic E-state index is -0.773. The van der Waals surface area contributed by atoms with Gasteiger partial charge in [-0.15, -0.1) is 0 Å². The molecule has 2 N–H and O–H groups in total. The Hall–Kier alpha value is -1.77. The van der Waals surface area contributed by atoms with Crippen molar-refractivity contribution in [3.63, 3.8) is 0 Å². The van der Waals surface area contributed by atoms with Gasteiger partial charge in [-0.2, -0.15) is 0 Å². The van der Waals surface area contributed by atoms with Crippen molar-refractivity contribution >= 4 is 16.9 Å². The third-order valence-electron chi connectivity index (χ3n) is 4.72. The molecule has 1 aromatic heterocycles. The predicted molar refractivity (Wildman–Crippen MR) is 80.3 cm³/mol. The van der Waals surface area contributed by atoms with Crippen molar-refractivity contribution in [1.82, 2.24) is 4.98 Å². The van der Waals surface area contributed by atoms with Crippen LogP contribution in [0.25, 0.3) is 10.9 Å². The van der Waals surface area contributed by atoms with E-state index in [0.717, 1.165) is 24.1 Å².